The number of carbonyl (C=O) groups is 1. The Morgan fingerprint density at radius 2 is 1.92 bits per heavy atom. The van der Waals surface area contributed by atoms with Gasteiger partial charge >= 0.3 is 0 Å². The van der Waals surface area contributed by atoms with Crippen LogP contribution in [0.25, 0.3) is 22.2 Å². The van der Waals surface area contributed by atoms with E-state index in [4.69, 9.17) is 9.72 Å². The summed E-state index contributed by atoms with van der Waals surface area (Å²) in [4.78, 5) is 24.2. The van der Waals surface area contributed by atoms with Crippen LogP contribution in [-0.4, -0.2) is 46.1 Å². The van der Waals surface area contributed by atoms with Crippen LogP contribution in [0.3, 0.4) is 0 Å². The van der Waals surface area contributed by atoms with Gasteiger partial charge in [-0.2, -0.15) is 0 Å². The van der Waals surface area contributed by atoms with Crippen LogP contribution in [0, 0.1) is 0 Å². The maximum atomic E-state index is 13.4. The predicted octanol–water partition coefficient (Wildman–Crippen LogP) is 3.55. The first-order valence-electron chi connectivity index (χ1n) is 8.76. The molecular formula is C21H21N3O2. The van der Waals surface area contributed by atoms with Gasteiger partial charge in [-0.1, -0.05) is 18.2 Å². The molecule has 0 aliphatic carbocycles. The molecule has 5 nitrogen and oxygen atoms in total. The number of morpholine rings is 1. The average Bonchev–Trinajstić information content (AvgIpc) is 2.67. The Hall–Kier alpha value is -2.79. The van der Waals surface area contributed by atoms with Gasteiger partial charge in [0.15, 0.2) is 0 Å². The first-order chi connectivity index (χ1) is 12.6. The van der Waals surface area contributed by atoms with Crippen LogP contribution < -0.4 is 0 Å². The minimum absolute atomic E-state index is 0.0206. The van der Waals surface area contributed by atoms with E-state index in [1.54, 1.807) is 12.4 Å². The number of rotatable bonds is 2. The van der Waals surface area contributed by atoms with Gasteiger partial charge in [-0.25, -0.2) is 4.98 Å². The number of aromatic nitrogens is 2. The number of fused-ring (bicyclic) bond motifs is 1. The highest BCUT2D eigenvalue weighted by Gasteiger charge is 2.35. The van der Waals surface area contributed by atoms with Crippen LogP contribution in [0.5, 0.6) is 0 Å². The van der Waals surface area contributed by atoms with Gasteiger partial charge in [-0.3, -0.25) is 9.78 Å². The summed E-state index contributed by atoms with van der Waals surface area (Å²) in [6, 6.07) is 13.5. The maximum Gasteiger partial charge on any atom is 0.255 e. The molecular weight excluding hydrogens is 326 g/mol. The monoisotopic (exact) mass is 347 g/mol. The quantitative estimate of drug-likeness (QED) is 0.711. The summed E-state index contributed by atoms with van der Waals surface area (Å²) in [5.41, 5.74) is 2.88. The van der Waals surface area contributed by atoms with Crippen LogP contribution in [0.15, 0.2) is 54.9 Å². The van der Waals surface area contributed by atoms with Crippen molar-refractivity contribution in [2.24, 2.45) is 0 Å². The molecule has 1 amide bonds. The predicted molar refractivity (Wildman–Crippen MR) is 101 cm³/mol. The zero-order valence-electron chi connectivity index (χ0n) is 15.0. The Labute approximate surface area is 152 Å². The van der Waals surface area contributed by atoms with E-state index in [1.807, 2.05) is 61.2 Å². The Bertz CT molecular complexity index is 954. The zero-order chi connectivity index (χ0) is 18.1. The number of nitrogens with zero attached hydrogens (tertiary/aromatic N) is 3. The van der Waals surface area contributed by atoms with E-state index in [1.165, 1.54) is 0 Å². The molecule has 26 heavy (non-hydrogen) atoms. The highest BCUT2D eigenvalue weighted by molar-refractivity contribution is 6.07. The van der Waals surface area contributed by atoms with Gasteiger partial charge in [0.25, 0.3) is 5.91 Å². The van der Waals surface area contributed by atoms with E-state index in [0.29, 0.717) is 25.3 Å². The van der Waals surface area contributed by atoms with E-state index in [9.17, 15) is 4.79 Å². The lowest BCUT2D eigenvalue weighted by Gasteiger charge is -2.42. The Morgan fingerprint density at radius 3 is 2.69 bits per heavy atom. The topological polar surface area (TPSA) is 55.3 Å². The van der Waals surface area contributed by atoms with E-state index in [2.05, 4.69) is 4.98 Å². The average molecular weight is 347 g/mol. The van der Waals surface area contributed by atoms with Gasteiger partial charge < -0.3 is 9.64 Å². The lowest BCUT2D eigenvalue weighted by atomic mass is 9.98. The number of benzene rings is 1. The summed E-state index contributed by atoms with van der Waals surface area (Å²) in [6.45, 7) is 5.77. The molecule has 4 rings (SSSR count). The third kappa shape index (κ3) is 2.95. The third-order valence-electron chi connectivity index (χ3n) is 4.81. The molecule has 0 unspecified atom stereocenters. The van der Waals surface area contributed by atoms with Crippen molar-refractivity contribution in [2.75, 3.05) is 19.8 Å². The molecule has 5 heteroatoms. The molecule has 1 saturated heterocycles. The summed E-state index contributed by atoms with van der Waals surface area (Å²) in [5, 5.41) is 0.873. The Kier molecular flexibility index (Phi) is 4.17. The van der Waals surface area contributed by atoms with Gasteiger partial charge in [0.1, 0.15) is 0 Å². The van der Waals surface area contributed by atoms with Crippen molar-refractivity contribution in [2.45, 2.75) is 19.4 Å². The van der Waals surface area contributed by atoms with Crippen molar-refractivity contribution in [3.63, 3.8) is 0 Å². The minimum atomic E-state index is -0.337. The van der Waals surface area contributed by atoms with E-state index in [0.717, 1.165) is 22.2 Å². The highest BCUT2D eigenvalue weighted by Crippen LogP contribution is 2.28. The molecule has 2 aromatic heterocycles. The van der Waals surface area contributed by atoms with Crippen molar-refractivity contribution >= 4 is 16.8 Å². The molecule has 1 aromatic carbocycles. The normalized spacial score (nSPS) is 16.6. The van der Waals surface area contributed by atoms with Crippen molar-refractivity contribution in [1.82, 2.24) is 14.9 Å². The molecule has 0 saturated carbocycles. The molecule has 0 bridgehead atoms. The van der Waals surface area contributed by atoms with Crippen LogP contribution >= 0.6 is 0 Å². The van der Waals surface area contributed by atoms with Gasteiger partial charge in [0, 0.05) is 29.9 Å². The molecule has 1 aliphatic rings. The summed E-state index contributed by atoms with van der Waals surface area (Å²) in [5.74, 6) is 0.0206. The van der Waals surface area contributed by atoms with Gasteiger partial charge in [0.2, 0.25) is 0 Å². The summed E-state index contributed by atoms with van der Waals surface area (Å²) < 4.78 is 5.57. The van der Waals surface area contributed by atoms with Crippen LogP contribution in [0.1, 0.15) is 24.2 Å². The number of ether oxygens (including phenoxy) is 1. The number of hydrogen-bond acceptors (Lipinski definition) is 4. The van der Waals surface area contributed by atoms with E-state index < -0.39 is 0 Å². The molecule has 132 valence electrons. The Morgan fingerprint density at radius 1 is 1.15 bits per heavy atom. The highest BCUT2D eigenvalue weighted by atomic mass is 16.5. The summed E-state index contributed by atoms with van der Waals surface area (Å²) in [6.07, 6.45) is 3.47. The number of amides is 1. The maximum absolute atomic E-state index is 13.4. The second kappa shape index (κ2) is 6.50. The molecule has 1 fully saturated rings. The zero-order valence-corrected chi connectivity index (χ0v) is 15.0. The lowest BCUT2D eigenvalue weighted by Crippen LogP contribution is -2.55. The smallest absolute Gasteiger partial charge is 0.255 e. The molecule has 0 radical (unpaired) electrons. The molecule has 0 atom stereocenters. The Balaban J connectivity index is 1.87. The van der Waals surface area contributed by atoms with Gasteiger partial charge in [-0.15, -0.1) is 0 Å². The SMILES string of the molecule is CC1(C)COCCN1C(=O)c1cc(-c2ccncc2)nc2ccccc12. The molecule has 3 heterocycles. The summed E-state index contributed by atoms with van der Waals surface area (Å²) >= 11 is 0. The van der Waals surface area contributed by atoms with Gasteiger partial charge in [-0.05, 0) is 38.1 Å². The van der Waals surface area contributed by atoms with E-state index in [-0.39, 0.29) is 11.4 Å². The second-order valence-electron chi connectivity index (χ2n) is 7.13. The van der Waals surface area contributed by atoms with Crippen LogP contribution in [0.4, 0.5) is 0 Å². The number of hydrogen-bond donors (Lipinski definition) is 0. The summed E-state index contributed by atoms with van der Waals surface area (Å²) in [7, 11) is 0. The van der Waals surface area contributed by atoms with Crippen molar-refractivity contribution in [3.8, 4) is 11.3 Å². The number of para-hydroxylation sites is 1. The lowest BCUT2D eigenvalue weighted by molar-refractivity contribution is -0.0369. The molecule has 3 aromatic rings. The molecule has 0 N–H and O–H groups in total. The second-order valence-corrected chi connectivity index (χ2v) is 7.13. The minimum Gasteiger partial charge on any atom is -0.377 e. The van der Waals surface area contributed by atoms with E-state index >= 15 is 0 Å². The first-order valence-corrected chi connectivity index (χ1v) is 8.76. The molecule has 0 spiro atoms. The van der Waals surface area contributed by atoms with Gasteiger partial charge in [0.05, 0.1) is 35.5 Å². The van der Waals surface area contributed by atoms with Crippen molar-refractivity contribution in [3.05, 3.63) is 60.4 Å². The fraction of sp³-hybridized carbons (Fsp3) is 0.286. The van der Waals surface area contributed by atoms with Crippen molar-refractivity contribution in [1.29, 1.82) is 0 Å². The third-order valence-corrected chi connectivity index (χ3v) is 4.81. The van der Waals surface area contributed by atoms with Crippen LogP contribution in [0.2, 0.25) is 0 Å². The standard InChI is InChI=1S/C21H21N3O2/c1-21(2)14-26-12-11-24(21)20(25)17-13-19(15-7-9-22-10-8-15)23-18-6-4-3-5-16(17)18/h3-10,13H,11-12,14H2,1-2H3. The largest absolute Gasteiger partial charge is 0.377 e. The first kappa shape index (κ1) is 16.7. The van der Waals surface area contributed by atoms with Crippen molar-refractivity contribution < 1.29 is 9.53 Å². The number of carbonyl (C=O) groups excluding carboxylic acids is 1. The molecule has 1 aliphatic heterocycles. The number of pyridine rings is 2. The van der Waals surface area contributed by atoms with Crippen LogP contribution in [-0.2, 0) is 4.74 Å². The fourth-order valence-electron chi connectivity index (χ4n) is 3.40. The fourth-order valence-corrected chi connectivity index (χ4v) is 3.40.